The largest absolute Gasteiger partial charge is 0.340 e. The lowest BCUT2D eigenvalue weighted by Crippen LogP contribution is -2.50. The van der Waals surface area contributed by atoms with Gasteiger partial charge in [-0.25, -0.2) is 4.39 Å². The first kappa shape index (κ1) is 23.9. The molecule has 0 bridgehead atoms. The van der Waals surface area contributed by atoms with E-state index in [-0.39, 0.29) is 11.8 Å². The van der Waals surface area contributed by atoms with Crippen LogP contribution in [0.1, 0.15) is 59.2 Å². The number of nitrogens with zero attached hydrogens (tertiary/aromatic N) is 3. The first-order chi connectivity index (χ1) is 16.4. The van der Waals surface area contributed by atoms with Crippen LogP contribution >= 0.6 is 0 Å². The number of rotatable bonds is 5. The smallest absolute Gasteiger partial charge is 0.255 e. The van der Waals surface area contributed by atoms with Gasteiger partial charge in [0.05, 0.1) is 11.6 Å². The number of amides is 2. The third kappa shape index (κ3) is 5.63. The van der Waals surface area contributed by atoms with Crippen molar-refractivity contribution in [2.75, 3.05) is 31.5 Å². The van der Waals surface area contributed by atoms with Crippen LogP contribution < -0.4 is 5.32 Å². The highest BCUT2D eigenvalue weighted by Crippen LogP contribution is 2.27. The molecular formula is C27H31FN4O2. The van der Waals surface area contributed by atoms with Crippen molar-refractivity contribution in [2.45, 2.75) is 45.6 Å². The summed E-state index contributed by atoms with van der Waals surface area (Å²) in [5, 5.41) is 11.9. The normalized spacial score (nSPS) is 17.3. The molecule has 0 atom stereocenters. The minimum atomic E-state index is -0.409. The zero-order valence-corrected chi connectivity index (χ0v) is 19.6. The highest BCUT2D eigenvalue weighted by molar-refractivity contribution is 6.04. The minimum Gasteiger partial charge on any atom is -0.340 e. The van der Waals surface area contributed by atoms with E-state index in [0.717, 1.165) is 49.9 Å². The number of hydrogen-bond donors (Lipinski definition) is 1. The van der Waals surface area contributed by atoms with Crippen LogP contribution in [0.4, 0.5) is 10.1 Å². The molecule has 1 aliphatic heterocycles. The molecule has 2 fully saturated rings. The van der Waals surface area contributed by atoms with E-state index < -0.39 is 5.82 Å². The molecule has 4 rings (SSSR count). The van der Waals surface area contributed by atoms with Crippen molar-refractivity contribution in [2.24, 2.45) is 5.92 Å². The molecule has 7 heteroatoms. The molecule has 6 nitrogen and oxygen atoms in total. The van der Waals surface area contributed by atoms with Gasteiger partial charge in [0.15, 0.2) is 0 Å². The van der Waals surface area contributed by atoms with Gasteiger partial charge in [-0.2, -0.15) is 5.26 Å². The molecule has 2 aromatic rings. The standard InChI is InChI=1S/C27H31FN4O2/c1-19-23(18-31-10-12-32(13-11-31)27(34)21-7-3-2-4-8-21)15-24(28)16-25(19)30-26(33)22-9-5-6-20(14-22)17-29/h5-6,9,14-16,21H,2-4,7-8,10-13,18H2,1H3,(H,30,33). The van der Waals surface area contributed by atoms with Crippen LogP contribution in [0.2, 0.25) is 0 Å². The molecule has 2 aromatic carbocycles. The van der Waals surface area contributed by atoms with Gasteiger partial charge in [-0.1, -0.05) is 25.3 Å². The van der Waals surface area contributed by atoms with Crippen molar-refractivity contribution in [1.82, 2.24) is 9.80 Å². The fourth-order valence-corrected chi connectivity index (χ4v) is 4.93. The lowest BCUT2D eigenvalue weighted by molar-refractivity contribution is -0.138. The van der Waals surface area contributed by atoms with Crippen molar-refractivity contribution < 1.29 is 14.0 Å². The number of nitrogens with one attached hydrogen (secondary N) is 1. The van der Waals surface area contributed by atoms with Crippen LogP contribution in [0, 0.1) is 30.0 Å². The number of piperazine rings is 1. The number of carbonyl (C=O) groups excluding carboxylic acids is 2. The maximum absolute atomic E-state index is 14.4. The maximum atomic E-state index is 14.4. The second kappa shape index (κ2) is 10.8. The fourth-order valence-electron chi connectivity index (χ4n) is 4.93. The average molecular weight is 463 g/mol. The Morgan fingerprint density at radius 3 is 2.53 bits per heavy atom. The van der Waals surface area contributed by atoms with Crippen LogP contribution in [0.3, 0.4) is 0 Å². The average Bonchev–Trinajstić information content (AvgIpc) is 2.87. The van der Waals surface area contributed by atoms with E-state index in [2.05, 4.69) is 10.2 Å². The molecule has 1 aliphatic carbocycles. The molecule has 1 heterocycles. The third-order valence-electron chi connectivity index (χ3n) is 7.01. The SMILES string of the molecule is Cc1c(CN2CCN(C(=O)C3CCCCC3)CC2)cc(F)cc1NC(=O)c1cccc(C#N)c1. The van der Waals surface area contributed by atoms with E-state index in [1.165, 1.54) is 24.6 Å². The third-order valence-corrected chi connectivity index (χ3v) is 7.01. The molecule has 2 amide bonds. The van der Waals surface area contributed by atoms with Crippen LogP contribution in [0.5, 0.6) is 0 Å². The Bertz CT molecular complexity index is 1100. The molecule has 1 saturated heterocycles. The summed E-state index contributed by atoms with van der Waals surface area (Å²) in [5.74, 6) is -0.308. The summed E-state index contributed by atoms with van der Waals surface area (Å²) in [6.07, 6.45) is 5.56. The molecule has 0 unspecified atom stereocenters. The molecule has 34 heavy (non-hydrogen) atoms. The Kier molecular flexibility index (Phi) is 7.59. The Balaban J connectivity index is 1.39. The Morgan fingerprint density at radius 2 is 1.82 bits per heavy atom. The van der Waals surface area contributed by atoms with Crippen LogP contribution in [-0.2, 0) is 11.3 Å². The number of carbonyl (C=O) groups is 2. The van der Waals surface area contributed by atoms with Gasteiger partial charge in [0.25, 0.3) is 5.91 Å². The summed E-state index contributed by atoms with van der Waals surface area (Å²) in [6.45, 7) is 5.32. The highest BCUT2D eigenvalue weighted by Gasteiger charge is 2.28. The van der Waals surface area contributed by atoms with E-state index >= 15 is 0 Å². The first-order valence-electron chi connectivity index (χ1n) is 12.1. The summed E-state index contributed by atoms with van der Waals surface area (Å²) in [7, 11) is 0. The first-order valence-corrected chi connectivity index (χ1v) is 12.1. The van der Waals surface area contributed by atoms with Crippen molar-refractivity contribution >= 4 is 17.5 Å². The number of anilines is 1. The quantitative estimate of drug-likeness (QED) is 0.711. The molecule has 1 saturated carbocycles. The lowest BCUT2D eigenvalue weighted by atomic mass is 9.88. The summed E-state index contributed by atoms with van der Waals surface area (Å²) >= 11 is 0. The van der Waals surface area contributed by atoms with Gasteiger partial charge < -0.3 is 10.2 Å². The molecule has 0 aromatic heterocycles. The fraction of sp³-hybridized carbons (Fsp3) is 0.444. The Hall–Kier alpha value is -3.24. The summed E-state index contributed by atoms with van der Waals surface area (Å²) in [4.78, 5) is 29.7. The number of halogens is 1. The van der Waals surface area contributed by atoms with Gasteiger partial charge in [-0.15, -0.1) is 0 Å². The maximum Gasteiger partial charge on any atom is 0.255 e. The van der Waals surface area contributed by atoms with Crippen molar-refractivity contribution in [3.05, 3.63) is 64.5 Å². The Labute approximate surface area is 200 Å². The Morgan fingerprint density at radius 1 is 1.09 bits per heavy atom. The minimum absolute atomic E-state index is 0.186. The lowest BCUT2D eigenvalue weighted by Gasteiger charge is -2.37. The van der Waals surface area contributed by atoms with E-state index in [1.807, 2.05) is 17.9 Å². The number of nitriles is 1. The predicted octanol–water partition coefficient (Wildman–Crippen LogP) is 4.48. The molecule has 2 aliphatic rings. The molecule has 1 N–H and O–H groups in total. The second-order valence-electron chi connectivity index (χ2n) is 9.32. The topological polar surface area (TPSA) is 76.4 Å². The monoisotopic (exact) mass is 462 g/mol. The van der Waals surface area contributed by atoms with E-state index in [0.29, 0.717) is 42.4 Å². The van der Waals surface area contributed by atoms with E-state index in [9.17, 15) is 14.0 Å². The van der Waals surface area contributed by atoms with E-state index in [4.69, 9.17) is 5.26 Å². The van der Waals surface area contributed by atoms with Gasteiger partial charge in [0.2, 0.25) is 5.91 Å². The van der Waals surface area contributed by atoms with Gasteiger partial charge in [-0.05, 0) is 61.2 Å². The van der Waals surface area contributed by atoms with Crippen LogP contribution in [0.15, 0.2) is 36.4 Å². The van der Waals surface area contributed by atoms with E-state index in [1.54, 1.807) is 18.2 Å². The summed E-state index contributed by atoms with van der Waals surface area (Å²) in [5.41, 5.74) is 2.79. The van der Waals surface area contributed by atoms with Crippen molar-refractivity contribution in [1.29, 1.82) is 5.26 Å². The van der Waals surface area contributed by atoms with Crippen LogP contribution in [0.25, 0.3) is 0 Å². The van der Waals surface area contributed by atoms with Gasteiger partial charge in [-0.3, -0.25) is 14.5 Å². The summed E-state index contributed by atoms with van der Waals surface area (Å²) in [6, 6.07) is 11.3. The predicted molar refractivity (Wildman–Crippen MR) is 129 cm³/mol. The molecule has 0 spiro atoms. The number of hydrogen-bond acceptors (Lipinski definition) is 4. The number of benzene rings is 2. The summed E-state index contributed by atoms with van der Waals surface area (Å²) < 4.78 is 14.4. The van der Waals surface area contributed by atoms with Crippen LogP contribution in [-0.4, -0.2) is 47.8 Å². The zero-order valence-electron chi connectivity index (χ0n) is 19.6. The molecule has 178 valence electrons. The van der Waals surface area contributed by atoms with Gasteiger partial charge >= 0.3 is 0 Å². The highest BCUT2D eigenvalue weighted by atomic mass is 19.1. The molecular weight excluding hydrogens is 431 g/mol. The molecule has 0 radical (unpaired) electrons. The van der Waals surface area contributed by atoms with Crippen molar-refractivity contribution in [3.63, 3.8) is 0 Å². The second-order valence-corrected chi connectivity index (χ2v) is 9.32. The zero-order chi connectivity index (χ0) is 24.1. The van der Waals surface area contributed by atoms with Gasteiger partial charge in [0, 0.05) is 49.9 Å². The van der Waals surface area contributed by atoms with Gasteiger partial charge in [0.1, 0.15) is 5.82 Å². The van der Waals surface area contributed by atoms with Crippen molar-refractivity contribution in [3.8, 4) is 6.07 Å².